The van der Waals surface area contributed by atoms with E-state index in [2.05, 4.69) is 19.2 Å². The lowest BCUT2D eigenvalue weighted by molar-refractivity contribution is -0.141. The van der Waals surface area contributed by atoms with Crippen LogP contribution in [0.1, 0.15) is 33.1 Å². The summed E-state index contributed by atoms with van der Waals surface area (Å²) >= 11 is 0. The van der Waals surface area contributed by atoms with Crippen LogP contribution in [0.5, 0.6) is 0 Å². The summed E-state index contributed by atoms with van der Waals surface area (Å²) in [6, 6.07) is -0.871. The summed E-state index contributed by atoms with van der Waals surface area (Å²) < 4.78 is 0. The van der Waals surface area contributed by atoms with Crippen LogP contribution in [-0.4, -0.2) is 66.2 Å². The van der Waals surface area contributed by atoms with Crippen molar-refractivity contribution in [2.24, 2.45) is 5.92 Å². The molecule has 1 fully saturated rings. The lowest BCUT2D eigenvalue weighted by atomic mass is 10.0. The molecule has 0 radical (unpaired) electrons. The molecule has 0 aromatic heterocycles. The fourth-order valence-corrected chi connectivity index (χ4v) is 2.71. The highest BCUT2D eigenvalue weighted by atomic mass is 16.4. The van der Waals surface area contributed by atoms with Gasteiger partial charge in [-0.1, -0.05) is 13.8 Å². The molecule has 1 aliphatic heterocycles. The number of hydrogen-bond donors (Lipinski definition) is 2. The molecule has 2 atom stereocenters. The summed E-state index contributed by atoms with van der Waals surface area (Å²) in [5, 5.41) is 12.1. The number of rotatable bonds is 6. The molecule has 0 aromatic carbocycles. The molecule has 1 aliphatic rings. The monoisotopic (exact) mass is 285 g/mol. The zero-order chi connectivity index (χ0) is 15.3. The van der Waals surface area contributed by atoms with Crippen LogP contribution in [0.2, 0.25) is 0 Å². The largest absolute Gasteiger partial charge is 0.480 e. The second-order valence-corrected chi connectivity index (χ2v) is 6.23. The average Bonchev–Trinajstić information content (AvgIpc) is 2.75. The van der Waals surface area contributed by atoms with Gasteiger partial charge in [-0.3, -0.25) is 0 Å². The second-order valence-electron chi connectivity index (χ2n) is 6.23. The van der Waals surface area contributed by atoms with Gasteiger partial charge in [-0.25, -0.2) is 9.59 Å². The highest BCUT2D eigenvalue weighted by Crippen LogP contribution is 2.18. The fraction of sp³-hybridized carbons (Fsp3) is 0.857. The quantitative estimate of drug-likeness (QED) is 0.769. The molecule has 6 nitrogen and oxygen atoms in total. The summed E-state index contributed by atoms with van der Waals surface area (Å²) in [7, 11) is 3.94. The zero-order valence-electron chi connectivity index (χ0n) is 12.9. The van der Waals surface area contributed by atoms with Crippen molar-refractivity contribution in [2.75, 3.05) is 27.2 Å². The Hall–Kier alpha value is -1.30. The van der Waals surface area contributed by atoms with Crippen LogP contribution in [0, 0.1) is 5.92 Å². The third-order valence-electron chi connectivity index (χ3n) is 3.47. The Morgan fingerprint density at radius 3 is 2.55 bits per heavy atom. The van der Waals surface area contributed by atoms with Crippen LogP contribution in [-0.2, 0) is 4.79 Å². The number of nitrogens with zero attached hydrogens (tertiary/aromatic N) is 2. The van der Waals surface area contributed by atoms with Gasteiger partial charge in [0, 0.05) is 19.1 Å². The molecule has 0 saturated carbocycles. The minimum Gasteiger partial charge on any atom is -0.480 e. The molecule has 1 rings (SSSR count). The van der Waals surface area contributed by atoms with Gasteiger partial charge < -0.3 is 20.2 Å². The van der Waals surface area contributed by atoms with Crippen molar-refractivity contribution in [3.8, 4) is 0 Å². The molecular weight excluding hydrogens is 258 g/mol. The maximum atomic E-state index is 12.3. The van der Waals surface area contributed by atoms with Gasteiger partial charge in [0.25, 0.3) is 0 Å². The van der Waals surface area contributed by atoms with Crippen molar-refractivity contribution >= 4 is 12.0 Å². The maximum Gasteiger partial charge on any atom is 0.326 e. The summed E-state index contributed by atoms with van der Waals surface area (Å²) in [5.74, 6) is -0.431. The van der Waals surface area contributed by atoms with Crippen molar-refractivity contribution < 1.29 is 14.7 Å². The number of carboxylic acids is 1. The first-order chi connectivity index (χ1) is 9.31. The van der Waals surface area contributed by atoms with E-state index in [0.717, 1.165) is 19.4 Å². The van der Waals surface area contributed by atoms with E-state index in [1.54, 1.807) is 0 Å². The van der Waals surface area contributed by atoms with E-state index >= 15 is 0 Å². The first kappa shape index (κ1) is 16.8. The van der Waals surface area contributed by atoms with E-state index in [1.807, 2.05) is 19.0 Å². The minimum absolute atomic E-state index is 0.0487. The number of nitrogens with one attached hydrogen (secondary N) is 1. The number of urea groups is 1. The Bertz CT molecular complexity index is 335. The standard InChI is InChI=1S/C14H27N3O3/c1-10(2)8-11(9-16(3)4)15-14(20)17-7-5-6-12(17)13(18)19/h10-12H,5-9H2,1-4H3,(H,15,20)(H,18,19)/t11?,12-/m0/s1. The van der Waals surface area contributed by atoms with Gasteiger partial charge in [0.1, 0.15) is 6.04 Å². The number of amides is 2. The predicted octanol–water partition coefficient (Wildman–Crippen LogP) is 1.22. The first-order valence-corrected chi connectivity index (χ1v) is 7.26. The lowest BCUT2D eigenvalue weighted by Crippen LogP contribution is -2.51. The molecular formula is C14H27N3O3. The van der Waals surface area contributed by atoms with Gasteiger partial charge >= 0.3 is 12.0 Å². The van der Waals surface area contributed by atoms with Gasteiger partial charge in [0.05, 0.1) is 0 Å². The topological polar surface area (TPSA) is 72.9 Å². The highest BCUT2D eigenvalue weighted by molar-refractivity contribution is 5.83. The van der Waals surface area contributed by atoms with Crippen molar-refractivity contribution in [3.63, 3.8) is 0 Å². The van der Waals surface area contributed by atoms with Crippen molar-refractivity contribution in [1.82, 2.24) is 15.1 Å². The van der Waals surface area contributed by atoms with Crippen LogP contribution >= 0.6 is 0 Å². The van der Waals surface area contributed by atoms with Crippen LogP contribution in [0.15, 0.2) is 0 Å². The van der Waals surface area contributed by atoms with E-state index in [4.69, 9.17) is 5.11 Å². The smallest absolute Gasteiger partial charge is 0.326 e. The highest BCUT2D eigenvalue weighted by Gasteiger charge is 2.34. The zero-order valence-corrected chi connectivity index (χ0v) is 12.9. The van der Waals surface area contributed by atoms with Crippen molar-refractivity contribution in [1.29, 1.82) is 0 Å². The van der Waals surface area contributed by atoms with E-state index < -0.39 is 12.0 Å². The van der Waals surface area contributed by atoms with Gasteiger partial charge in [0.15, 0.2) is 0 Å². The molecule has 0 aliphatic carbocycles. The average molecular weight is 285 g/mol. The molecule has 116 valence electrons. The Labute approximate surface area is 121 Å². The van der Waals surface area contributed by atoms with Gasteiger partial charge in [0.2, 0.25) is 0 Å². The minimum atomic E-state index is -0.911. The van der Waals surface area contributed by atoms with Gasteiger partial charge in [-0.15, -0.1) is 0 Å². The SMILES string of the molecule is CC(C)CC(CN(C)C)NC(=O)N1CCC[C@H]1C(=O)O. The maximum absolute atomic E-state index is 12.3. The lowest BCUT2D eigenvalue weighted by Gasteiger charge is -2.28. The molecule has 0 spiro atoms. The molecule has 6 heteroatoms. The van der Waals surface area contributed by atoms with Gasteiger partial charge in [-0.2, -0.15) is 0 Å². The Morgan fingerprint density at radius 2 is 2.05 bits per heavy atom. The molecule has 2 amide bonds. The molecule has 1 unspecified atom stereocenters. The third kappa shape index (κ3) is 5.00. The number of likely N-dealkylation sites (N-methyl/N-ethyl adjacent to an activating group) is 1. The van der Waals surface area contributed by atoms with Crippen molar-refractivity contribution in [2.45, 2.75) is 45.2 Å². The molecule has 20 heavy (non-hydrogen) atoms. The Balaban J connectivity index is 2.62. The normalized spacial score (nSPS) is 20.5. The Morgan fingerprint density at radius 1 is 1.40 bits per heavy atom. The Kier molecular flexibility index (Phi) is 6.26. The van der Waals surface area contributed by atoms with Crippen LogP contribution in [0.25, 0.3) is 0 Å². The number of carboxylic acid groups (broad SMARTS) is 1. The van der Waals surface area contributed by atoms with Crippen LogP contribution < -0.4 is 5.32 Å². The number of hydrogen-bond acceptors (Lipinski definition) is 3. The fourth-order valence-electron chi connectivity index (χ4n) is 2.71. The molecule has 0 aromatic rings. The van der Waals surface area contributed by atoms with E-state index in [0.29, 0.717) is 18.9 Å². The molecule has 1 saturated heterocycles. The summed E-state index contributed by atoms with van der Waals surface area (Å²) in [5.41, 5.74) is 0. The molecule has 0 bridgehead atoms. The molecule has 2 N–H and O–H groups in total. The third-order valence-corrected chi connectivity index (χ3v) is 3.47. The second kappa shape index (κ2) is 7.47. The number of aliphatic carboxylic acids is 1. The summed E-state index contributed by atoms with van der Waals surface area (Å²) in [6.45, 7) is 5.52. The summed E-state index contributed by atoms with van der Waals surface area (Å²) in [6.07, 6.45) is 2.19. The number of carbonyl (C=O) groups excluding carboxylic acids is 1. The van der Waals surface area contributed by atoms with E-state index in [1.165, 1.54) is 4.90 Å². The number of carbonyl (C=O) groups is 2. The van der Waals surface area contributed by atoms with E-state index in [-0.39, 0.29) is 12.1 Å². The van der Waals surface area contributed by atoms with Crippen molar-refractivity contribution in [3.05, 3.63) is 0 Å². The first-order valence-electron chi connectivity index (χ1n) is 7.26. The van der Waals surface area contributed by atoms with Crippen LogP contribution in [0.4, 0.5) is 4.79 Å². The van der Waals surface area contributed by atoms with E-state index in [9.17, 15) is 9.59 Å². The van der Waals surface area contributed by atoms with Gasteiger partial charge in [-0.05, 0) is 39.3 Å². The van der Waals surface area contributed by atoms with Crippen LogP contribution in [0.3, 0.4) is 0 Å². The molecule has 1 heterocycles. The number of likely N-dealkylation sites (tertiary alicyclic amines) is 1. The predicted molar refractivity (Wildman–Crippen MR) is 77.7 cm³/mol. The summed E-state index contributed by atoms with van der Waals surface area (Å²) in [4.78, 5) is 26.9.